The first-order chi connectivity index (χ1) is 18.5. The zero-order valence-corrected chi connectivity index (χ0v) is 22.0. The molecule has 1 aromatic heterocycles. The van der Waals surface area contributed by atoms with Gasteiger partial charge in [0.1, 0.15) is 6.26 Å². The molecular formula is C27H37N3O8. The van der Waals surface area contributed by atoms with E-state index in [1.165, 1.54) is 13.4 Å². The van der Waals surface area contributed by atoms with Gasteiger partial charge in [-0.2, -0.15) is 0 Å². The summed E-state index contributed by atoms with van der Waals surface area (Å²) in [4.78, 5) is 34.1. The summed E-state index contributed by atoms with van der Waals surface area (Å²) in [5, 5.41) is 19.7. The summed E-state index contributed by atoms with van der Waals surface area (Å²) >= 11 is 0. The molecule has 0 unspecified atom stereocenters. The van der Waals surface area contributed by atoms with E-state index in [4.69, 9.17) is 18.6 Å². The number of oxazole rings is 1. The zero-order chi connectivity index (χ0) is 27.1. The molecule has 2 aromatic rings. The minimum absolute atomic E-state index is 0.00744. The Kier molecular flexibility index (Phi) is 9.46. The van der Waals surface area contributed by atoms with Crippen LogP contribution in [-0.4, -0.2) is 89.6 Å². The fraction of sp³-hybridized carbons (Fsp3) is 0.593. The molecule has 1 fully saturated rings. The number of amides is 1. The van der Waals surface area contributed by atoms with Gasteiger partial charge in [0, 0.05) is 44.6 Å². The number of unbranched alkanes of at least 4 members (excludes halogenated alkanes) is 1. The summed E-state index contributed by atoms with van der Waals surface area (Å²) in [6.45, 7) is 3.69. The molecule has 0 bridgehead atoms. The summed E-state index contributed by atoms with van der Waals surface area (Å²) in [6.07, 6.45) is 6.29. The van der Waals surface area contributed by atoms with Gasteiger partial charge in [-0.3, -0.25) is 14.5 Å². The molecule has 4 rings (SSSR count). The number of aryl methyl sites for hydroxylation is 1. The molecule has 2 aliphatic rings. The van der Waals surface area contributed by atoms with Crippen LogP contribution in [0.2, 0.25) is 0 Å². The van der Waals surface area contributed by atoms with Gasteiger partial charge in [0.2, 0.25) is 18.4 Å². The fourth-order valence-electron chi connectivity index (χ4n) is 5.45. The van der Waals surface area contributed by atoms with Crippen LogP contribution >= 0.6 is 0 Å². The van der Waals surface area contributed by atoms with Crippen LogP contribution in [0.15, 0.2) is 29.0 Å². The van der Waals surface area contributed by atoms with Crippen LogP contribution in [-0.2, 0) is 16.0 Å². The number of carboxylic acids is 1. The number of carbonyl (C=O) groups excluding carboxylic acids is 1. The van der Waals surface area contributed by atoms with Gasteiger partial charge in [-0.05, 0) is 37.0 Å². The summed E-state index contributed by atoms with van der Waals surface area (Å²) in [6, 6.07) is 3.20. The smallest absolute Gasteiger partial charge is 0.308 e. The van der Waals surface area contributed by atoms with Gasteiger partial charge in [0.05, 0.1) is 25.8 Å². The second kappa shape index (κ2) is 13.0. The highest BCUT2D eigenvalue weighted by atomic mass is 16.7. The number of aliphatic carboxylic acids is 1. The van der Waals surface area contributed by atoms with Crippen LogP contribution in [0, 0.1) is 5.92 Å². The highest BCUT2D eigenvalue weighted by Gasteiger charge is 2.47. The predicted molar refractivity (Wildman–Crippen MR) is 136 cm³/mol. The second-order valence-corrected chi connectivity index (χ2v) is 9.70. The van der Waals surface area contributed by atoms with Gasteiger partial charge in [-0.25, -0.2) is 4.98 Å². The van der Waals surface area contributed by atoms with E-state index in [1.54, 1.807) is 17.2 Å². The van der Waals surface area contributed by atoms with Crippen molar-refractivity contribution in [2.45, 2.75) is 51.0 Å². The number of hydrogen-bond acceptors (Lipinski definition) is 9. The molecule has 0 radical (unpaired) electrons. The van der Waals surface area contributed by atoms with E-state index in [0.717, 1.165) is 18.4 Å². The Morgan fingerprint density at radius 3 is 2.74 bits per heavy atom. The van der Waals surface area contributed by atoms with Crippen molar-refractivity contribution >= 4 is 11.9 Å². The van der Waals surface area contributed by atoms with Crippen molar-refractivity contribution < 1.29 is 38.4 Å². The van der Waals surface area contributed by atoms with Crippen molar-refractivity contribution in [3.63, 3.8) is 0 Å². The Hall–Kier alpha value is -3.31. The second-order valence-electron chi connectivity index (χ2n) is 9.70. The van der Waals surface area contributed by atoms with Crippen LogP contribution < -0.4 is 14.2 Å². The normalized spacial score (nSPS) is 20.6. The predicted octanol–water partition coefficient (Wildman–Crippen LogP) is 2.52. The number of hydrogen-bond donors (Lipinski definition) is 2. The minimum Gasteiger partial charge on any atom is -0.493 e. The van der Waals surface area contributed by atoms with E-state index < -0.39 is 23.8 Å². The molecule has 1 saturated heterocycles. The van der Waals surface area contributed by atoms with Crippen LogP contribution in [0.1, 0.15) is 50.0 Å². The zero-order valence-electron chi connectivity index (χ0n) is 22.0. The lowest BCUT2D eigenvalue weighted by Crippen LogP contribution is -2.45. The van der Waals surface area contributed by atoms with Crippen molar-refractivity contribution in [3.8, 4) is 17.2 Å². The van der Waals surface area contributed by atoms with Crippen molar-refractivity contribution in [2.75, 3.05) is 46.7 Å². The number of carboxylic acid groups (broad SMARTS) is 1. The SMILES string of the molecule is CCCCN(CCCO)C(=O)CN1C[C@H](c2cc(OC)c3c(c2)OCO3)[C@@H](C(=O)O)[C@@H]1CCc1ncco1. The van der Waals surface area contributed by atoms with Crippen LogP contribution in [0.5, 0.6) is 17.2 Å². The molecule has 3 heterocycles. The molecule has 0 saturated carbocycles. The quantitative estimate of drug-likeness (QED) is 0.374. The number of aliphatic hydroxyl groups is 1. The molecule has 11 nitrogen and oxygen atoms in total. The third kappa shape index (κ3) is 6.21. The van der Waals surface area contributed by atoms with E-state index in [-0.39, 0.29) is 25.9 Å². The number of likely N-dealkylation sites (tertiary alicyclic amines) is 1. The maximum absolute atomic E-state index is 13.4. The molecule has 0 spiro atoms. The Morgan fingerprint density at radius 1 is 1.24 bits per heavy atom. The first kappa shape index (κ1) is 27.7. The molecule has 208 valence electrons. The van der Waals surface area contributed by atoms with Crippen molar-refractivity contribution in [2.24, 2.45) is 5.92 Å². The lowest BCUT2D eigenvalue weighted by Gasteiger charge is -2.29. The van der Waals surface area contributed by atoms with Gasteiger partial charge >= 0.3 is 5.97 Å². The average molecular weight is 532 g/mol. The maximum Gasteiger partial charge on any atom is 0.308 e. The number of benzene rings is 1. The number of fused-ring (bicyclic) bond motifs is 1. The van der Waals surface area contributed by atoms with Crippen LogP contribution in [0.3, 0.4) is 0 Å². The molecular weight excluding hydrogens is 494 g/mol. The number of carbonyl (C=O) groups is 2. The summed E-state index contributed by atoms with van der Waals surface area (Å²) in [7, 11) is 1.53. The van der Waals surface area contributed by atoms with Crippen molar-refractivity contribution in [1.82, 2.24) is 14.8 Å². The Balaban J connectivity index is 1.62. The van der Waals surface area contributed by atoms with Gasteiger partial charge < -0.3 is 33.7 Å². The van der Waals surface area contributed by atoms with E-state index in [2.05, 4.69) is 11.9 Å². The third-order valence-electron chi connectivity index (χ3n) is 7.34. The molecule has 2 N–H and O–H groups in total. The first-order valence-electron chi connectivity index (χ1n) is 13.2. The molecule has 2 aliphatic heterocycles. The van der Waals surface area contributed by atoms with E-state index in [0.29, 0.717) is 62.0 Å². The number of rotatable bonds is 14. The van der Waals surface area contributed by atoms with E-state index in [1.807, 2.05) is 11.0 Å². The van der Waals surface area contributed by atoms with Gasteiger partial charge in [-0.1, -0.05) is 13.3 Å². The van der Waals surface area contributed by atoms with Crippen LogP contribution in [0.25, 0.3) is 0 Å². The molecule has 1 aromatic carbocycles. The molecule has 38 heavy (non-hydrogen) atoms. The Bertz CT molecular complexity index is 1070. The fourth-order valence-corrected chi connectivity index (χ4v) is 5.45. The number of methoxy groups -OCH3 is 1. The van der Waals surface area contributed by atoms with Gasteiger partial charge in [-0.15, -0.1) is 0 Å². The summed E-state index contributed by atoms with van der Waals surface area (Å²) < 4.78 is 22.0. The number of nitrogens with zero attached hydrogens (tertiary/aromatic N) is 3. The largest absolute Gasteiger partial charge is 0.493 e. The van der Waals surface area contributed by atoms with E-state index >= 15 is 0 Å². The lowest BCUT2D eigenvalue weighted by molar-refractivity contribution is -0.144. The monoisotopic (exact) mass is 531 g/mol. The average Bonchev–Trinajstić information content (AvgIpc) is 3.67. The van der Waals surface area contributed by atoms with Gasteiger partial charge in [0.25, 0.3) is 0 Å². The van der Waals surface area contributed by atoms with E-state index in [9.17, 15) is 19.8 Å². The number of aliphatic hydroxyl groups excluding tert-OH is 1. The molecule has 3 atom stereocenters. The topological polar surface area (TPSA) is 135 Å². The molecule has 0 aliphatic carbocycles. The number of aromatic nitrogens is 1. The minimum atomic E-state index is -0.929. The first-order valence-corrected chi connectivity index (χ1v) is 13.2. The number of ether oxygens (including phenoxy) is 3. The maximum atomic E-state index is 13.4. The third-order valence-corrected chi connectivity index (χ3v) is 7.34. The Labute approximate surface area is 222 Å². The van der Waals surface area contributed by atoms with Gasteiger partial charge in [0.15, 0.2) is 17.4 Å². The molecule has 11 heteroatoms. The summed E-state index contributed by atoms with van der Waals surface area (Å²) in [5.41, 5.74) is 0.762. The standard InChI is InChI=1S/C27H37N3O8/c1-3-4-9-29(10-5-11-31)24(32)16-30-15-19(18-13-21(35-2)26-22(14-18)37-17-38-26)25(27(33)34)20(30)6-7-23-28-8-12-36-23/h8,12-14,19-20,25,31H,3-7,9-11,15-17H2,1-2H3,(H,33,34)/t19-,20+,25-/m1/s1. The molecule has 1 amide bonds. The highest BCUT2D eigenvalue weighted by Crippen LogP contribution is 2.47. The lowest BCUT2D eigenvalue weighted by atomic mass is 9.83. The van der Waals surface area contributed by atoms with Crippen molar-refractivity contribution in [3.05, 3.63) is 36.0 Å². The summed E-state index contributed by atoms with van der Waals surface area (Å²) in [5.74, 6) is -0.138. The van der Waals surface area contributed by atoms with Crippen molar-refractivity contribution in [1.29, 1.82) is 0 Å². The van der Waals surface area contributed by atoms with Crippen LogP contribution in [0.4, 0.5) is 0 Å². The Morgan fingerprint density at radius 2 is 2.05 bits per heavy atom. The highest BCUT2D eigenvalue weighted by molar-refractivity contribution is 5.79.